The molecule has 1 aliphatic heterocycles. The predicted octanol–water partition coefficient (Wildman–Crippen LogP) is -2.97. The second-order valence-electron chi connectivity index (χ2n) is 2.75. The van der Waals surface area contributed by atoms with Gasteiger partial charge in [0.25, 0.3) is 0 Å². The highest BCUT2D eigenvalue weighted by Gasteiger charge is 2.35. The molecule has 0 aromatic carbocycles. The summed E-state index contributed by atoms with van der Waals surface area (Å²) in [6, 6.07) is -0.534. The van der Waals surface area contributed by atoms with E-state index in [4.69, 9.17) is 15.3 Å². The Bertz CT molecular complexity index is 130. The third-order valence-electron chi connectivity index (χ3n) is 1.94. The van der Waals surface area contributed by atoms with Gasteiger partial charge in [-0.25, -0.2) is 0 Å². The number of nitrogens with one attached hydrogen (secondary N) is 1. The third kappa shape index (κ3) is 1.69. The molecule has 1 heterocycles. The average molecular weight is 163 g/mol. The fourth-order valence-corrected chi connectivity index (χ4v) is 1.15. The highest BCUT2D eigenvalue weighted by Crippen LogP contribution is 2.09. The van der Waals surface area contributed by atoms with Gasteiger partial charge in [-0.05, 0) is 0 Å². The summed E-state index contributed by atoms with van der Waals surface area (Å²) >= 11 is 0. The molecule has 1 rings (SSSR count). The second kappa shape index (κ2) is 3.46. The monoisotopic (exact) mass is 163 g/mol. The quantitative estimate of drug-likeness (QED) is 0.285. The van der Waals surface area contributed by atoms with Gasteiger partial charge in [0.05, 0.1) is 24.9 Å². The molecule has 66 valence electrons. The van der Waals surface area contributed by atoms with E-state index in [1.807, 2.05) is 0 Å². The van der Waals surface area contributed by atoms with E-state index in [2.05, 4.69) is 5.32 Å². The lowest BCUT2D eigenvalue weighted by atomic mass is 9.97. The molecule has 1 unspecified atom stereocenters. The zero-order valence-electron chi connectivity index (χ0n) is 6.01. The van der Waals surface area contributed by atoms with Crippen molar-refractivity contribution in [1.82, 2.24) is 5.32 Å². The first-order valence-electron chi connectivity index (χ1n) is 3.55. The van der Waals surface area contributed by atoms with E-state index >= 15 is 0 Å². The van der Waals surface area contributed by atoms with Gasteiger partial charge in [0.15, 0.2) is 0 Å². The highest BCUT2D eigenvalue weighted by atomic mass is 16.4. The molecule has 4 atom stereocenters. The van der Waals surface area contributed by atoms with Gasteiger partial charge in [0, 0.05) is 6.54 Å². The summed E-state index contributed by atoms with van der Waals surface area (Å²) in [4.78, 5) is 0. The first-order chi connectivity index (χ1) is 5.16. The molecule has 0 bridgehead atoms. The largest absolute Gasteiger partial charge is 0.395 e. The molecule has 1 aliphatic rings. The molecule has 5 N–H and O–H groups in total. The van der Waals surface area contributed by atoms with Gasteiger partial charge < -0.3 is 25.7 Å². The minimum absolute atomic E-state index is 0.198. The smallest absolute Gasteiger partial charge is 0.109 e. The van der Waals surface area contributed by atoms with Crippen LogP contribution in [-0.2, 0) is 0 Å². The van der Waals surface area contributed by atoms with Crippen LogP contribution < -0.4 is 5.32 Å². The second-order valence-corrected chi connectivity index (χ2v) is 2.75. The van der Waals surface area contributed by atoms with Gasteiger partial charge in [-0.2, -0.15) is 0 Å². The standard InChI is InChI=1S/C6H13NO4/c8-2-3-5(10)6(11)4(9)1-7-3/h3-11H,1-2H2/t3-,4-,5-,6?/m1/s1. The molecule has 0 aromatic heterocycles. The molecule has 0 saturated carbocycles. The van der Waals surface area contributed by atoms with E-state index in [9.17, 15) is 5.11 Å². The summed E-state index contributed by atoms with van der Waals surface area (Å²) in [7, 11) is 0. The van der Waals surface area contributed by atoms with Gasteiger partial charge in [0.1, 0.15) is 6.10 Å². The molecule has 0 radical (unpaired) electrons. The summed E-state index contributed by atoms with van der Waals surface area (Å²) in [5.41, 5.74) is 0. The Hall–Kier alpha value is -0.200. The number of aliphatic hydroxyl groups excluding tert-OH is 4. The van der Waals surface area contributed by atoms with Crippen molar-refractivity contribution in [3.63, 3.8) is 0 Å². The van der Waals surface area contributed by atoms with Gasteiger partial charge in [-0.1, -0.05) is 0 Å². The minimum Gasteiger partial charge on any atom is -0.395 e. The first-order valence-corrected chi connectivity index (χ1v) is 3.55. The van der Waals surface area contributed by atoms with E-state index in [-0.39, 0.29) is 13.2 Å². The molecule has 0 aliphatic carbocycles. The number of hydrogen-bond acceptors (Lipinski definition) is 5. The summed E-state index contributed by atoms with van der Waals surface area (Å²) in [5.74, 6) is 0. The van der Waals surface area contributed by atoms with E-state index in [0.717, 1.165) is 0 Å². The Balaban J connectivity index is 2.52. The van der Waals surface area contributed by atoms with Gasteiger partial charge >= 0.3 is 0 Å². The Labute approximate surface area is 64.3 Å². The first kappa shape index (κ1) is 8.89. The zero-order valence-corrected chi connectivity index (χ0v) is 6.01. The summed E-state index contributed by atoms with van der Waals surface area (Å²) < 4.78 is 0. The minimum atomic E-state index is -1.16. The van der Waals surface area contributed by atoms with Crippen LogP contribution in [0.15, 0.2) is 0 Å². The molecule has 0 spiro atoms. The van der Waals surface area contributed by atoms with Crippen LogP contribution in [0.4, 0.5) is 0 Å². The topological polar surface area (TPSA) is 93.0 Å². The number of rotatable bonds is 1. The van der Waals surface area contributed by atoms with Crippen LogP contribution in [0.3, 0.4) is 0 Å². The number of piperidine rings is 1. The van der Waals surface area contributed by atoms with Crippen molar-refractivity contribution in [2.45, 2.75) is 24.4 Å². The van der Waals surface area contributed by atoms with Crippen LogP contribution in [-0.4, -0.2) is 57.9 Å². The van der Waals surface area contributed by atoms with Crippen molar-refractivity contribution in [3.05, 3.63) is 0 Å². The zero-order chi connectivity index (χ0) is 8.43. The summed E-state index contributed by atoms with van der Waals surface area (Å²) in [6.07, 6.45) is -3.20. The third-order valence-corrected chi connectivity index (χ3v) is 1.94. The highest BCUT2D eigenvalue weighted by molar-refractivity contribution is 4.91. The van der Waals surface area contributed by atoms with Crippen molar-refractivity contribution in [2.24, 2.45) is 0 Å². The predicted molar refractivity (Wildman–Crippen MR) is 36.9 cm³/mol. The van der Waals surface area contributed by atoms with Crippen LogP contribution in [0.5, 0.6) is 0 Å². The molecular weight excluding hydrogens is 150 g/mol. The lowest BCUT2D eigenvalue weighted by Crippen LogP contribution is -2.60. The Morgan fingerprint density at radius 2 is 1.82 bits per heavy atom. The van der Waals surface area contributed by atoms with E-state index in [1.54, 1.807) is 0 Å². The molecule has 1 fully saturated rings. The van der Waals surface area contributed by atoms with Crippen molar-refractivity contribution >= 4 is 0 Å². The van der Waals surface area contributed by atoms with Crippen molar-refractivity contribution in [3.8, 4) is 0 Å². The average Bonchev–Trinajstić information content (AvgIpc) is 2.01. The van der Waals surface area contributed by atoms with E-state index in [0.29, 0.717) is 0 Å². The maximum atomic E-state index is 9.18. The van der Waals surface area contributed by atoms with Crippen LogP contribution in [0.1, 0.15) is 0 Å². The Morgan fingerprint density at radius 1 is 1.18 bits per heavy atom. The van der Waals surface area contributed by atoms with Crippen LogP contribution in [0.25, 0.3) is 0 Å². The molecular formula is C6H13NO4. The Kier molecular flexibility index (Phi) is 2.80. The maximum absolute atomic E-state index is 9.18. The van der Waals surface area contributed by atoms with Crippen molar-refractivity contribution in [2.75, 3.05) is 13.2 Å². The van der Waals surface area contributed by atoms with Gasteiger partial charge in [-0.3, -0.25) is 0 Å². The lowest BCUT2D eigenvalue weighted by molar-refractivity contribution is -0.101. The van der Waals surface area contributed by atoms with Gasteiger partial charge in [-0.15, -0.1) is 0 Å². The Morgan fingerprint density at radius 3 is 2.36 bits per heavy atom. The van der Waals surface area contributed by atoms with Crippen molar-refractivity contribution in [1.29, 1.82) is 0 Å². The van der Waals surface area contributed by atoms with E-state index in [1.165, 1.54) is 0 Å². The number of β-amino-alcohol motifs (C(OH)–C–C–N with tert-alkyl or cyclic N) is 1. The van der Waals surface area contributed by atoms with Crippen LogP contribution in [0, 0.1) is 0 Å². The maximum Gasteiger partial charge on any atom is 0.109 e. The summed E-state index contributed by atoms with van der Waals surface area (Å²) in [6.45, 7) is -0.0472. The molecule has 5 nitrogen and oxygen atoms in total. The summed E-state index contributed by atoms with van der Waals surface area (Å²) in [5, 5.41) is 38.6. The molecule has 1 saturated heterocycles. The SMILES string of the molecule is OC[C@H]1NC[C@@H](O)C(O)[C@@H]1O. The fourth-order valence-electron chi connectivity index (χ4n) is 1.15. The molecule has 11 heavy (non-hydrogen) atoms. The fraction of sp³-hybridized carbons (Fsp3) is 1.00. The van der Waals surface area contributed by atoms with Crippen LogP contribution >= 0.6 is 0 Å². The van der Waals surface area contributed by atoms with Crippen LogP contribution in [0.2, 0.25) is 0 Å². The molecule has 5 heteroatoms. The van der Waals surface area contributed by atoms with E-state index < -0.39 is 24.4 Å². The van der Waals surface area contributed by atoms with Gasteiger partial charge in [0.2, 0.25) is 0 Å². The number of hydrogen-bond donors (Lipinski definition) is 5. The number of aliphatic hydroxyl groups is 4. The normalized spacial score (nSPS) is 45.8. The van der Waals surface area contributed by atoms with Crippen molar-refractivity contribution < 1.29 is 20.4 Å². The molecule has 0 aromatic rings. The molecule has 0 amide bonds. The lowest BCUT2D eigenvalue weighted by Gasteiger charge is -2.34.